The third kappa shape index (κ3) is 5.56. The number of anilines is 1. The number of hydrogen-bond acceptors (Lipinski definition) is 4. The van der Waals surface area contributed by atoms with Crippen LogP contribution in [-0.4, -0.2) is 47.9 Å². The average Bonchev–Trinajstić information content (AvgIpc) is 3.25. The minimum Gasteiger partial charge on any atom is -0.472 e. The Labute approximate surface area is 167 Å². The number of nitrogens with zero attached hydrogens (tertiary/aromatic N) is 1. The lowest BCUT2D eigenvalue weighted by molar-refractivity contribution is -0.133. The van der Waals surface area contributed by atoms with Gasteiger partial charge in [-0.25, -0.2) is 9.18 Å². The quantitative estimate of drug-likeness (QED) is 0.714. The van der Waals surface area contributed by atoms with Crippen molar-refractivity contribution in [2.45, 2.75) is 31.8 Å². The first kappa shape index (κ1) is 20.4. The predicted octanol–water partition coefficient (Wildman–Crippen LogP) is 2.35. The Hall–Kier alpha value is -3.36. The van der Waals surface area contributed by atoms with Gasteiger partial charge in [-0.2, -0.15) is 0 Å². The van der Waals surface area contributed by atoms with Crippen LogP contribution in [0.1, 0.15) is 30.1 Å². The summed E-state index contributed by atoms with van der Waals surface area (Å²) >= 11 is 0. The van der Waals surface area contributed by atoms with E-state index in [4.69, 9.17) is 4.42 Å². The highest BCUT2D eigenvalue weighted by molar-refractivity contribution is 5.97. The second-order valence-corrected chi connectivity index (χ2v) is 6.91. The van der Waals surface area contributed by atoms with Crippen LogP contribution in [-0.2, 0) is 4.79 Å². The van der Waals surface area contributed by atoms with Gasteiger partial charge in [0.2, 0.25) is 5.91 Å². The molecular formula is C20H23FN4O4. The molecule has 3 N–H and O–H groups in total. The van der Waals surface area contributed by atoms with Gasteiger partial charge in [0, 0.05) is 24.8 Å². The van der Waals surface area contributed by atoms with Crippen LogP contribution >= 0.6 is 0 Å². The lowest BCUT2D eigenvalue weighted by atomic mass is 10.0. The van der Waals surface area contributed by atoms with E-state index < -0.39 is 6.04 Å². The van der Waals surface area contributed by atoms with Crippen molar-refractivity contribution >= 4 is 23.5 Å². The van der Waals surface area contributed by atoms with Gasteiger partial charge in [-0.3, -0.25) is 9.59 Å². The second-order valence-electron chi connectivity index (χ2n) is 6.91. The lowest BCUT2D eigenvalue weighted by Gasteiger charge is -2.34. The first-order valence-corrected chi connectivity index (χ1v) is 9.37. The molecule has 0 saturated carbocycles. The minimum atomic E-state index is -0.663. The zero-order valence-electron chi connectivity index (χ0n) is 16.0. The van der Waals surface area contributed by atoms with E-state index in [2.05, 4.69) is 16.0 Å². The van der Waals surface area contributed by atoms with Crippen LogP contribution in [0.15, 0.2) is 47.3 Å². The van der Waals surface area contributed by atoms with Crippen molar-refractivity contribution in [2.75, 3.05) is 18.4 Å². The molecule has 1 fully saturated rings. The van der Waals surface area contributed by atoms with Crippen LogP contribution < -0.4 is 16.0 Å². The molecular weight excluding hydrogens is 379 g/mol. The molecule has 8 nitrogen and oxygen atoms in total. The molecule has 0 aliphatic carbocycles. The Balaban J connectivity index is 1.42. The molecule has 9 heteroatoms. The maximum absolute atomic E-state index is 12.9. The Morgan fingerprint density at radius 1 is 1.14 bits per heavy atom. The monoisotopic (exact) mass is 402 g/mol. The number of nitrogens with one attached hydrogen (secondary N) is 3. The van der Waals surface area contributed by atoms with Gasteiger partial charge in [0.1, 0.15) is 18.1 Å². The van der Waals surface area contributed by atoms with E-state index in [1.165, 1.54) is 42.9 Å². The maximum Gasteiger partial charge on any atom is 0.319 e. The molecule has 0 radical (unpaired) electrons. The van der Waals surface area contributed by atoms with Gasteiger partial charge in [-0.1, -0.05) is 0 Å². The number of rotatable bonds is 5. The maximum atomic E-state index is 12.9. The molecule has 0 bridgehead atoms. The summed E-state index contributed by atoms with van der Waals surface area (Å²) in [6.07, 6.45) is 3.92. The Bertz CT molecular complexity index is 846. The SMILES string of the molecule is C[C@@H](NC(=O)c1ccoc1)C(=O)N1CCC(NC(=O)Nc2ccc(F)cc2)CC1. The predicted molar refractivity (Wildman–Crippen MR) is 104 cm³/mol. The normalized spacial score (nSPS) is 15.4. The highest BCUT2D eigenvalue weighted by atomic mass is 19.1. The molecule has 1 aliphatic rings. The summed E-state index contributed by atoms with van der Waals surface area (Å²) in [4.78, 5) is 38.3. The summed E-state index contributed by atoms with van der Waals surface area (Å²) in [7, 11) is 0. The lowest BCUT2D eigenvalue weighted by Crippen LogP contribution is -2.52. The van der Waals surface area contributed by atoms with Gasteiger partial charge in [0.15, 0.2) is 0 Å². The number of piperidine rings is 1. The number of hydrogen-bond donors (Lipinski definition) is 3. The third-order valence-corrected chi connectivity index (χ3v) is 4.75. The van der Waals surface area contributed by atoms with Crippen molar-refractivity contribution in [3.8, 4) is 0 Å². The highest BCUT2D eigenvalue weighted by Crippen LogP contribution is 2.13. The van der Waals surface area contributed by atoms with Gasteiger partial charge >= 0.3 is 6.03 Å². The van der Waals surface area contributed by atoms with Gasteiger partial charge in [-0.05, 0) is 50.1 Å². The number of benzene rings is 1. The number of amides is 4. The van der Waals surface area contributed by atoms with Crippen LogP contribution in [0.4, 0.5) is 14.9 Å². The topological polar surface area (TPSA) is 104 Å². The fraction of sp³-hybridized carbons (Fsp3) is 0.350. The molecule has 1 aliphatic heterocycles. The molecule has 2 aromatic rings. The molecule has 154 valence electrons. The van der Waals surface area contributed by atoms with Crippen LogP contribution in [0.5, 0.6) is 0 Å². The second kappa shape index (κ2) is 9.22. The summed E-state index contributed by atoms with van der Waals surface area (Å²) < 4.78 is 17.8. The average molecular weight is 402 g/mol. The largest absolute Gasteiger partial charge is 0.472 e. The number of carbonyl (C=O) groups excluding carboxylic acids is 3. The van der Waals surface area contributed by atoms with Crippen molar-refractivity contribution in [3.05, 3.63) is 54.2 Å². The van der Waals surface area contributed by atoms with E-state index in [-0.39, 0.29) is 29.7 Å². The standard InChI is InChI=1S/C20H23FN4O4/c1-13(22-18(26)14-8-11-29-12-14)19(27)25-9-6-17(7-10-25)24-20(28)23-16-4-2-15(21)3-5-16/h2-5,8,11-13,17H,6-7,9-10H2,1H3,(H,22,26)(H2,23,24,28)/t13-/m1/s1. The molecule has 1 atom stereocenters. The molecule has 29 heavy (non-hydrogen) atoms. The van der Waals surface area contributed by atoms with Crippen LogP contribution in [0.25, 0.3) is 0 Å². The fourth-order valence-electron chi connectivity index (χ4n) is 3.14. The van der Waals surface area contributed by atoms with Crippen molar-refractivity contribution in [3.63, 3.8) is 0 Å². The van der Waals surface area contributed by atoms with Gasteiger partial charge in [0.25, 0.3) is 5.91 Å². The summed E-state index contributed by atoms with van der Waals surface area (Å²) in [6, 6.07) is 5.92. The minimum absolute atomic E-state index is 0.0738. The van der Waals surface area contributed by atoms with Crippen LogP contribution in [0.2, 0.25) is 0 Å². The number of urea groups is 1. The van der Waals surface area contributed by atoms with Crippen LogP contribution in [0.3, 0.4) is 0 Å². The van der Waals surface area contributed by atoms with Crippen molar-refractivity contribution in [1.29, 1.82) is 0 Å². The Morgan fingerprint density at radius 3 is 2.45 bits per heavy atom. The summed E-state index contributed by atoms with van der Waals surface area (Å²) in [5, 5.41) is 8.17. The van der Waals surface area contributed by atoms with E-state index in [1.54, 1.807) is 11.8 Å². The Morgan fingerprint density at radius 2 is 1.83 bits per heavy atom. The summed E-state index contributed by atoms with van der Waals surface area (Å²) in [5.74, 6) is -0.909. The molecule has 1 aromatic carbocycles. The fourth-order valence-corrected chi connectivity index (χ4v) is 3.14. The van der Waals surface area contributed by atoms with Gasteiger partial charge in [-0.15, -0.1) is 0 Å². The zero-order valence-corrected chi connectivity index (χ0v) is 16.0. The molecule has 3 rings (SSSR count). The number of furan rings is 1. The van der Waals surface area contributed by atoms with E-state index in [0.717, 1.165) is 0 Å². The smallest absolute Gasteiger partial charge is 0.319 e. The summed E-state index contributed by atoms with van der Waals surface area (Å²) in [6.45, 7) is 2.60. The Kier molecular flexibility index (Phi) is 6.48. The number of likely N-dealkylation sites (tertiary alicyclic amines) is 1. The molecule has 2 heterocycles. The van der Waals surface area contributed by atoms with Crippen molar-refractivity contribution in [1.82, 2.24) is 15.5 Å². The zero-order chi connectivity index (χ0) is 20.8. The first-order valence-electron chi connectivity index (χ1n) is 9.37. The molecule has 0 spiro atoms. The number of halogens is 1. The van der Waals surface area contributed by atoms with Crippen molar-refractivity contribution in [2.24, 2.45) is 0 Å². The molecule has 0 unspecified atom stereocenters. The molecule has 1 saturated heterocycles. The van der Waals surface area contributed by atoms with Crippen molar-refractivity contribution < 1.29 is 23.2 Å². The number of carbonyl (C=O) groups is 3. The van der Waals surface area contributed by atoms with E-state index in [9.17, 15) is 18.8 Å². The molecule has 4 amide bonds. The highest BCUT2D eigenvalue weighted by Gasteiger charge is 2.27. The molecule has 1 aromatic heterocycles. The summed E-state index contributed by atoms with van der Waals surface area (Å²) in [5.41, 5.74) is 0.860. The first-order chi connectivity index (χ1) is 13.9. The van der Waals surface area contributed by atoms with Gasteiger partial charge < -0.3 is 25.3 Å². The van der Waals surface area contributed by atoms with E-state index in [0.29, 0.717) is 37.2 Å². The van der Waals surface area contributed by atoms with E-state index in [1.807, 2.05) is 0 Å². The van der Waals surface area contributed by atoms with Crippen LogP contribution in [0, 0.1) is 5.82 Å². The van der Waals surface area contributed by atoms with Gasteiger partial charge in [0.05, 0.1) is 11.8 Å². The van der Waals surface area contributed by atoms with E-state index >= 15 is 0 Å². The third-order valence-electron chi connectivity index (χ3n) is 4.75.